The molecule has 100 valence electrons. The standard InChI is InChI=1S/C13H18O5/c1-8(14)10(15)18-13-4-9-2-11(16,6-13)5-12(17,3-9)7-13/h9,16-17H,2-7H2,1H3. The van der Waals surface area contributed by atoms with Crippen molar-refractivity contribution in [1.29, 1.82) is 0 Å². The Balaban J connectivity index is 1.89. The van der Waals surface area contributed by atoms with Gasteiger partial charge in [-0.1, -0.05) is 0 Å². The van der Waals surface area contributed by atoms with Crippen LogP contribution in [0.15, 0.2) is 0 Å². The third kappa shape index (κ3) is 1.77. The van der Waals surface area contributed by atoms with Crippen molar-refractivity contribution in [2.75, 3.05) is 0 Å². The summed E-state index contributed by atoms with van der Waals surface area (Å²) in [5.74, 6) is -1.31. The van der Waals surface area contributed by atoms with Crippen molar-refractivity contribution in [3.63, 3.8) is 0 Å². The average Bonchev–Trinajstić information content (AvgIpc) is 2.09. The van der Waals surface area contributed by atoms with Crippen LogP contribution in [0, 0.1) is 5.92 Å². The molecule has 0 spiro atoms. The van der Waals surface area contributed by atoms with Gasteiger partial charge < -0.3 is 14.9 Å². The molecule has 0 saturated heterocycles. The van der Waals surface area contributed by atoms with Gasteiger partial charge in [0, 0.05) is 26.2 Å². The average molecular weight is 254 g/mol. The third-order valence-corrected chi connectivity index (χ3v) is 4.56. The number of aliphatic hydroxyl groups is 2. The molecule has 0 heterocycles. The van der Waals surface area contributed by atoms with Crippen LogP contribution in [0.4, 0.5) is 0 Å². The number of rotatable bonds is 2. The first kappa shape index (κ1) is 12.1. The van der Waals surface area contributed by atoms with E-state index in [4.69, 9.17) is 4.74 Å². The number of carbonyl (C=O) groups excluding carboxylic acids is 2. The Kier molecular flexibility index (Phi) is 2.24. The number of hydrogen-bond donors (Lipinski definition) is 2. The van der Waals surface area contributed by atoms with E-state index in [1.807, 2.05) is 0 Å². The minimum Gasteiger partial charge on any atom is -0.453 e. The molecule has 18 heavy (non-hydrogen) atoms. The van der Waals surface area contributed by atoms with Gasteiger partial charge in [-0.2, -0.15) is 0 Å². The van der Waals surface area contributed by atoms with Gasteiger partial charge in [-0.3, -0.25) is 4.79 Å². The van der Waals surface area contributed by atoms with E-state index in [0.29, 0.717) is 38.5 Å². The molecule has 5 heteroatoms. The summed E-state index contributed by atoms with van der Waals surface area (Å²) in [5, 5.41) is 20.9. The molecule has 0 amide bonds. The Labute approximate surface area is 105 Å². The van der Waals surface area contributed by atoms with Crippen molar-refractivity contribution >= 4 is 11.8 Å². The van der Waals surface area contributed by atoms with E-state index in [-0.39, 0.29) is 5.92 Å². The largest absolute Gasteiger partial charge is 0.453 e. The molecule has 0 aromatic heterocycles. The van der Waals surface area contributed by atoms with Crippen LogP contribution in [0.25, 0.3) is 0 Å². The molecule has 4 fully saturated rings. The van der Waals surface area contributed by atoms with Gasteiger partial charge >= 0.3 is 5.97 Å². The lowest BCUT2D eigenvalue weighted by Gasteiger charge is -2.62. The Morgan fingerprint density at radius 2 is 1.61 bits per heavy atom. The lowest BCUT2D eigenvalue weighted by atomic mass is 9.50. The molecule has 2 atom stereocenters. The van der Waals surface area contributed by atoms with Crippen molar-refractivity contribution in [3.05, 3.63) is 0 Å². The topological polar surface area (TPSA) is 83.8 Å². The predicted octanol–water partition coefficient (Wildman–Crippen LogP) is 0.317. The molecule has 4 bridgehead atoms. The first-order valence-corrected chi connectivity index (χ1v) is 6.42. The molecule has 4 aliphatic rings. The van der Waals surface area contributed by atoms with E-state index < -0.39 is 28.6 Å². The summed E-state index contributed by atoms with van der Waals surface area (Å²) >= 11 is 0. The highest BCUT2D eigenvalue weighted by atomic mass is 16.6. The molecule has 4 rings (SSSR count). The highest BCUT2D eigenvalue weighted by Gasteiger charge is 2.64. The van der Waals surface area contributed by atoms with E-state index in [2.05, 4.69) is 0 Å². The number of hydrogen-bond acceptors (Lipinski definition) is 5. The molecular formula is C13H18O5. The quantitative estimate of drug-likeness (QED) is 0.547. The summed E-state index contributed by atoms with van der Waals surface area (Å²) in [6, 6.07) is 0. The molecule has 0 radical (unpaired) electrons. The summed E-state index contributed by atoms with van der Waals surface area (Å²) < 4.78 is 5.33. The molecule has 0 aliphatic heterocycles. The van der Waals surface area contributed by atoms with Crippen LogP contribution in [-0.4, -0.2) is 38.8 Å². The zero-order valence-electron chi connectivity index (χ0n) is 10.4. The number of ketones is 1. The SMILES string of the molecule is CC(=O)C(=O)OC12CC3CC(O)(CC(O)(C3)C1)C2. The Morgan fingerprint density at radius 3 is 2.06 bits per heavy atom. The molecule has 0 aromatic carbocycles. The number of Topliss-reactive ketones (excluding diaryl/α,β-unsaturated/α-hetero) is 1. The second kappa shape index (κ2) is 3.33. The normalized spacial score (nSPS) is 49.2. The van der Waals surface area contributed by atoms with E-state index in [9.17, 15) is 19.8 Å². The zero-order valence-corrected chi connectivity index (χ0v) is 10.4. The van der Waals surface area contributed by atoms with Gasteiger partial charge in [-0.15, -0.1) is 0 Å². The molecule has 0 aromatic rings. The maximum absolute atomic E-state index is 11.5. The van der Waals surface area contributed by atoms with Gasteiger partial charge in [-0.25, -0.2) is 4.79 Å². The lowest BCUT2D eigenvalue weighted by Crippen LogP contribution is -2.67. The monoisotopic (exact) mass is 254 g/mol. The Morgan fingerprint density at radius 1 is 1.06 bits per heavy atom. The van der Waals surface area contributed by atoms with Crippen molar-refractivity contribution in [1.82, 2.24) is 0 Å². The fourth-order valence-corrected chi connectivity index (χ4v) is 4.63. The van der Waals surface area contributed by atoms with Crippen LogP contribution in [0.1, 0.15) is 45.4 Å². The second-order valence-corrected chi connectivity index (χ2v) is 6.59. The third-order valence-electron chi connectivity index (χ3n) is 4.56. The van der Waals surface area contributed by atoms with Crippen LogP contribution in [0.2, 0.25) is 0 Å². The van der Waals surface area contributed by atoms with Crippen molar-refractivity contribution in [3.8, 4) is 0 Å². The van der Waals surface area contributed by atoms with Crippen LogP contribution < -0.4 is 0 Å². The van der Waals surface area contributed by atoms with Crippen LogP contribution in [0.5, 0.6) is 0 Å². The minimum absolute atomic E-state index is 0.177. The molecule has 2 N–H and O–H groups in total. The smallest absolute Gasteiger partial charge is 0.374 e. The molecule has 5 nitrogen and oxygen atoms in total. The summed E-state index contributed by atoms with van der Waals surface area (Å²) in [6.07, 6.45) is 3.02. The molecule has 4 aliphatic carbocycles. The van der Waals surface area contributed by atoms with Gasteiger partial charge in [0.05, 0.1) is 11.2 Å². The highest BCUT2D eigenvalue weighted by Crippen LogP contribution is 2.60. The van der Waals surface area contributed by atoms with Gasteiger partial charge in [-0.05, 0) is 25.2 Å². The van der Waals surface area contributed by atoms with E-state index in [1.165, 1.54) is 6.92 Å². The van der Waals surface area contributed by atoms with Crippen molar-refractivity contribution in [2.45, 2.75) is 62.3 Å². The van der Waals surface area contributed by atoms with E-state index in [0.717, 1.165) is 0 Å². The molecule has 2 unspecified atom stereocenters. The van der Waals surface area contributed by atoms with Crippen molar-refractivity contribution < 1.29 is 24.5 Å². The number of ether oxygens (including phenoxy) is 1. The predicted molar refractivity (Wildman–Crippen MR) is 60.6 cm³/mol. The summed E-state index contributed by atoms with van der Waals surface area (Å²) in [5.41, 5.74) is -2.72. The fraction of sp³-hybridized carbons (Fsp3) is 0.846. The fourth-order valence-electron chi connectivity index (χ4n) is 4.63. The zero-order chi connectivity index (χ0) is 13.2. The van der Waals surface area contributed by atoms with Gasteiger partial charge in [0.2, 0.25) is 5.78 Å². The Hall–Kier alpha value is -0.940. The van der Waals surface area contributed by atoms with Gasteiger partial charge in [0.1, 0.15) is 5.60 Å². The number of esters is 1. The Bertz CT molecular complexity index is 411. The van der Waals surface area contributed by atoms with E-state index in [1.54, 1.807) is 0 Å². The summed E-state index contributed by atoms with van der Waals surface area (Å²) in [4.78, 5) is 22.5. The van der Waals surface area contributed by atoms with Crippen LogP contribution in [-0.2, 0) is 14.3 Å². The maximum atomic E-state index is 11.5. The second-order valence-electron chi connectivity index (χ2n) is 6.59. The first-order chi connectivity index (χ1) is 8.23. The summed E-state index contributed by atoms with van der Waals surface area (Å²) in [7, 11) is 0. The molecule has 4 saturated carbocycles. The van der Waals surface area contributed by atoms with Crippen LogP contribution in [0.3, 0.4) is 0 Å². The summed E-state index contributed by atoms with van der Waals surface area (Å²) in [6.45, 7) is 1.17. The lowest BCUT2D eigenvalue weighted by molar-refractivity contribution is -0.260. The van der Waals surface area contributed by atoms with E-state index >= 15 is 0 Å². The van der Waals surface area contributed by atoms with Gasteiger partial charge in [0.25, 0.3) is 0 Å². The first-order valence-electron chi connectivity index (χ1n) is 6.42. The number of carbonyl (C=O) groups is 2. The minimum atomic E-state index is -0.939. The van der Waals surface area contributed by atoms with Crippen LogP contribution >= 0.6 is 0 Å². The highest BCUT2D eigenvalue weighted by molar-refractivity contribution is 6.32. The maximum Gasteiger partial charge on any atom is 0.374 e. The van der Waals surface area contributed by atoms with Crippen molar-refractivity contribution in [2.24, 2.45) is 5.92 Å². The van der Waals surface area contributed by atoms with Gasteiger partial charge in [0.15, 0.2) is 0 Å². The molecular weight excluding hydrogens is 236 g/mol.